The third-order valence-electron chi connectivity index (χ3n) is 26.5. The molecule has 6 heterocycles. The summed E-state index contributed by atoms with van der Waals surface area (Å²) >= 11 is 14.5. The molecule has 0 radical (unpaired) electrons. The number of aromatic amines is 4. The number of aryl methyl sites for hydroxylation is 4. The molecule has 128 heavy (non-hydrogen) atoms. The molecule has 8 unspecified atom stereocenters. The molecule has 0 amide bonds. The van der Waals surface area contributed by atoms with E-state index in [2.05, 4.69) is 244 Å². The zero-order valence-corrected chi connectivity index (χ0v) is 81.3. The maximum absolute atomic E-state index is 10.5. The number of methoxy groups -OCH3 is 3. The summed E-state index contributed by atoms with van der Waals surface area (Å²) in [4.78, 5) is 25.9. The van der Waals surface area contributed by atoms with Gasteiger partial charge in [0.25, 0.3) is 0 Å². The first-order chi connectivity index (χ1) is 62.4. The monoisotopic (exact) mass is 2000 g/mol. The molecule has 8 aromatic carbocycles. The van der Waals surface area contributed by atoms with Crippen LogP contribution in [0.5, 0.6) is 23.0 Å². The van der Waals surface area contributed by atoms with E-state index in [0.717, 1.165) is 151 Å². The molecule has 2 saturated heterocycles. The van der Waals surface area contributed by atoms with Crippen LogP contribution in [0, 0.1) is 0 Å². The second kappa shape index (κ2) is 46.8. The Morgan fingerprint density at radius 1 is 0.352 bits per heavy atom. The van der Waals surface area contributed by atoms with E-state index < -0.39 is 24.4 Å². The number of rotatable bonds is 33. The van der Waals surface area contributed by atoms with E-state index >= 15 is 0 Å². The van der Waals surface area contributed by atoms with E-state index in [0.29, 0.717) is 82.9 Å². The number of likely N-dealkylation sites (N-methyl/N-ethyl adjacent to an activating group) is 2. The number of β-amino-alcohol motifs (C(OH)–C–C–N with tert-alkyl or cyclic N) is 2. The number of H-pyrrole nitrogens is 4. The van der Waals surface area contributed by atoms with Crippen LogP contribution < -0.4 is 18.9 Å². The highest BCUT2D eigenvalue weighted by Crippen LogP contribution is 2.46. The molecule has 2 aliphatic heterocycles. The molecule has 0 spiro atoms. The Balaban J connectivity index is 0.000000131. The van der Waals surface area contributed by atoms with Gasteiger partial charge >= 0.3 is 0 Å². The molecule has 20 nitrogen and oxygen atoms in total. The number of ether oxygens (including phenoxy) is 7. The summed E-state index contributed by atoms with van der Waals surface area (Å²) < 4.78 is 43.4. The minimum atomic E-state index is -0.583. The smallest absolute Gasteiger partial charge is 0.119 e. The predicted molar refractivity (Wildman–Crippen MR) is 529 cm³/mol. The number of hydrogen-bond acceptors (Lipinski definition) is 16. The molecule has 0 bridgehead atoms. The molecule has 12 aromatic rings. The fraction of sp³-hybridized carbons (Fsp3) is 0.462. The molecule has 8 atom stereocenters. The minimum Gasteiger partial charge on any atom is -0.491 e. The zero-order chi connectivity index (χ0) is 89.0. The van der Waals surface area contributed by atoms with Crippen molar-refractivity contribution in [1.29, 1.82) is 0 Å². The highest BCUT2D eigenvalue weighted by atomic mass is 79.9. The van der Waals surface area contributed by atoms with E-state index in [1.165, 1.54) is 156 Å². The zero-order valence-electron chi connectivity index (χ0n) is 74.9. The maximum atomic E-state index is 10.5. The third kappa shape index (κ3) is 25.3. The molecule has 2 fully saturated rings. The lowest BCUT2D eigenvalue weighted by atomic mass is 9.82. The Hall–Kier alpha value is -7.44. The van der Waals surface area contributed by atoms with Crippen LogP contribution in [0.3, 0.4) is 0 Å². The number of piperazine rings is 1. The van der Waals surface area contributed by atoms with Gasteiger partial charge in [0, 0.05) is 201 Å². The summed E-state index contributed by atoms with van der Waals surface area (Å²) in [5, 5.41) is 46.8. The van der Waals surface area contributed by atoms with Crippen LogP contribution in [0.25, 0.3) is 43.6 Å². The number of fused-ring (bicyclic) bond motifs is 12. The molecule has 8 N–H and O–H groups in total. The third-order valence-corrected chi connectivity index (χ3v) is 28.4. The SMILES string of the molecule is CN1CCN(CC(O)COc2ccc(C3CCCc4c3[nH]c3ccc(Br)cc43)cc2)CC1.COCCN(C)CC(O)COc1ccc(C2CCCc3c2[nH]c2ccc(Br)cc32)cc1.COCCN(CCOC)CC(O)COc1ccc(C2CCCc3c2[nH]c2ccc(Br)cc32)cc1.OC(COc1ccc(C2CCCc3c2[nH]c2ccc(Br)cc32)cc1)CN1CCCCC1. The summed E-state index contributed by atoms with van der Waals surface area (Å²) in [6, 6.07) is 59.6. The van der Waals surface area contributed by atoms with Crippen molar-refractivity contribution in [1.82, 2.24) is 44.4 Å². The Morgan fingerprint density at radius 3 is 0.953 bits per heavy atom. The van der Waals surface area contributed by atoms with Crippen LogP contribution in [0.4, 0.5) is 0 Å². The Bertz CT molecular complexity index is 5470. The van der Waals surface area contributed by atoms with Crippen molar-refractivity contribution in [2.75, 3.05) is 167 Å². The Morgan fingerprint density at radius 2 is 0.641 bits per heavy atom. The van der Waals surface area contributed by atoms with E-state index in [1.807, 2.05) is 48.3 Å². The number of halogens is 4. The number of benzene rings is 8. The molecular weight excluding hydrogens is 1870 g/mol. The molecule has 0 saturated carbocycles. The maximum Gasteiger partial charge on any atom is 0.119 e. The van der Waals surface area contributed by atoms with E-state index in [4.69, 9.17) is 33.2 Å². The van der Waals surface area contributed by atoms with Gasteiger partial charge in [-0.15, -0.1) is 0 Å². The van der Waals surface area contributed by atoms with Gasteiger partial charge in [0.15, 0.2) is 0 Å². The first kappa shape index (κ1) is 95.2. The van der Waals surface area contributed by atoms with Crippen molar-refractivity contribution < 1.29 is 53.6 Å². The van der Waals surface area contributed by atoms with Gasteiger partial charge in [-0.1, -0.05) is 119 Å². The van der Waals surface area contributed by atoms with Gasteiger partial charge in [0.05, 0.1) is 19.8 Å². The van der Waals surface area contributed by atoms with E-state index in [-0.39, 0.29) is 13.2 Å². The lowest BCUT2D eigenvalue weighted by molar-refractivity contribution is 0.0460. The van der Waals surface area contributed by atoms with Crippen LogP contribution >= 0.6 is 63.7 Å². The highest BCUT2D eigenvalue weighted by Gasteiger charge is 2.32. The summed E-state index contributed by atoms with van der Waals surface area (Å²) in [5.74, 6) is 4.75. The van der Waals surface area contributed by atoms with Crippen molar-refractivity contribution in [3.8, 4) is 23.0 Å². The van der Waals surface area contributed by atoms with Crippen LogP contribution in [0.15, 0.2) is 188 Å². The van der Waals surface area contributed by atoms with Crippen molar-refractivity contribution >= 4 is 107 Å². The molecule has 6 aliphatic rings. The van der Waals surface area contributed by atoms with Gasteiger partial charge in [-0.25, -0.2) is 0 Å². The number of aliphatic hydroxyl groups is 4. The summed E-state index contributed by atoms with van der Waals surface area (Å²) in [6.07, 6.45) is 15.7. The summed E-state index contributed by atoms with van der Waals surface area (Å²) in [7, 11) is 9.17. The number of nitrogens with one attached hydrogen (secondary N) is 4. The molecule has 684 valence electrons. The average Bonchev–Trinajstić information content (AvgIpc) is 1.63. The second-order valence-electron chi connectivity index (χ2n) is 35.7. The topological polar surface area (TPSA) is 225 Å². The van der Waals surface area contributed by atoms with Crippen molar-refractivity contribution in [2.24, 2.45) is 0 Å². The Labute approximate surface area is 788 Å². The number of piperidine rings is 1. The van der Waals surface area contributed by atoms with Gasteiger partial charge in [-0.05, 0) is 283 Å². The largest absolute Gasteiger partial charge is 0.491 e. The molecule has 4 aliphatic carbocycles. The summed E-state index contributed by atoms with van der Waals surface area (Å²) in [6.45, 7) is 14.2. The van der Waals surface area contributed by atoms with Gasteiger partial charge in [0.2, 0.25) is 0 Å². The highest BCUT2D eigenvalue weighted by molar-refractivity contribution is 9.11. The average molecular weight is 2000 g/mol. The van der Waals surface area contributed by atoms with E-state index in [9.17, 15) is 20.4 Å². The van der Waals surface area contributed by atoms with Crippen molar-refractivity contribution in [2.45, 2.75) is 144 Å². The number of nitrogens with zero attached hydrogens (tertiary/aromatic N) is 5. The van der Waals surface area contributed by atoms with Gasteiger partial charge < -0.3 is 88.2 Å². The normalized spacial score (nSPS) is 18.8. The van der Waals surface area contributed by atoms with Gasteiger partial charge in [-0.2, -0.15) is 0 Å². The number of hydrogen-bond donors (Lipinski definition) is 8. The van der Waals surface area contributed by atoms with Gasteiger partial charge in [-0.3, -0.25) is 9.80 Å². The lowest BCUT2D eigenvalue weighted by Gasteiger charge is -2.33. The molecule has 18 rings (SSSR count). The van der Waals surface area contributed by atoms with Crippen LogP contribution in [0.2, 0.25) is 0 Å². The van der Waals surface area contributed by atoms with Gasteiger partial charge in [0.1, 0.15) is 73.8 Å². The minimum absolute atomic E-state index is 0.250. The lowest BCUT2D eigenvalue weighted by Crippen LogP contribution is -2.47. The van der Waals surface area contributed by atoms with Crippen LogP contribution in [0.1, 0.15) is 162 Å². The number of aromatic nitrogens is 4. The van der Waals surface area contributed by atoms with Crippen LogP contribution in [-0.2, 0) is 39.9 Å². The fourth-order valence-corrected chi connectivity index (χ4v) is 21.2. The Kier molecular flexibility index (Phi) is 34.8. The standard InChI is InChI=1S/C27H35BrN2O4.C26H32BrN3O2.C26H31BrN2O2.C25H31BrN2O3/c1-32-14-12-30(13-15-33-2)17-21(31)18-34-22-9-6-19(7-10-22)23-4-3-5-24-25-16-20(28)8-11-26(25)29-27(23)24;1-29-11-13-30(14-12-29)16-20(31)17-32-21-8-5-18(6-9-21)22-3-2-4-23-24-15-19(27)7-10-25(24)28-26(22)23;27-19-9-12-25-24(15-19)23-6-4-5-22(26(23)28-25)18-7-10-21(11-8-18)31-17-20(30)16-29-13-2-1-3-14-29;1-28(12-13-30-2)15-19(29)16-31-20-9-6-17(7-10-20)21-4-3-5-22-23-14-18(26)8-11-24(23)27-25(21)22/h6-11,16,21,23,29,31H,3-5,12-15,17-18H2,1-2H3;5-10,15,20,22,28,31H,2-4,11-14,16-17H2,1H3;7-12,15,20,22,28,30H,1-6,13-14,16-17H2;6-11,14,19,21,27,29H,3-5,12-13,15-16H2,1-2H3. The van der Waals surface area contributed by atoms with Crippen molar-refractivity contribution in [3.05, 3.63) is 255 Å². The fourth-order valence-electron chi connectivity index (χ4n) is 19.7. The first-order valence-corrected chi connectivity index (χ1v) is 49.4. The first-order valence-electron chi connectivity index (χ1n) is 46.2. The summed E-state index contributed by atoms with van der Waals surface area (Å²) in [5.41, 5.74) is 21.4. The number of likely N-dealkylation sites (tertiary alicyclic amines) is 1. The van der Waals surface area contributed by atoms with Crippen molar-refractivity contribution in [3.63, 3.8) is 0 Å². The molecular formula is C104H129Br4N9O11. The quantitative estimate of drug-likeness (QED) is 0.0191. The number of aliphatic hydroxyl groups excluding tert-OH is 4. The van der Waals surface area contributed by atoms with E-state index in [1.54, 1.807) is 21.3 Å². The second-order valence-corrected chi connectivity index (χ2v) is 39.4. The molecule has 4 aromatic heterocycles. The molecule has 24 heteroatoms. The predicted octanol–water partition coefficient (Wildman–Crippen LogP) is 19.5. The van der Waals surface area contributed by atoms with Crippen LogP contribution in [-0.4, -0.2) is 256 Å².